The molecule has 8 nitrogen and oxygen atoms in total. The molecule has 4 N–H and O–H groups in total. The number of rotatable bonds is 5. The van der Waals surface area contributed by atoms with Gasteiger partial charge in [-0.05, 0) is 74.6 Å². The van der Waals surface area contributed by atoms with Gasteiger partial charge in [-0.2, -0.15) is 22.3 Å². The van der Waals surface area contributed by atoms with Crippen molar-refractivity contribution in [2.75, 3.05) is 5.32 Å². The molecule has 1 atom stereocenters. The van der Waals surface area contributed by atoms with Crippen molar-refractivity contribution in [3.05, 3.63) is 33.5 Å². The number of hydrogen-bond acceptors (Lipinski definition) is 6. The Morgan fingerprint density at radius 1 is 1.24 bits per heavy atom. The van der Waals surface area contributed by atoms with E-state index in [9.17, 15) is 22.9 Å². The van der Waals surface area contributed by atoms with E-state index in [-0.39, 0.29) is 23.5 Å². The van der Waals surface area contributed by atoms with Gasteiger partial charge in [0.05, 0.1) is 6.20 Å². The topological polar surface area (TPSA) is 127 Å². The van der Waals surface area contributed by atoms with Crippen molar-refractivity contribution in [2.45, 2.75) is 68.8 Å². The molecule has 182 valence electrons. The highest BCUT2D eigenvalue weighted by Gasteiger charge is 2.32. The van der Waals surface area contributed by atoms with Gasteiger partial charge in [-0.15, -0.1) is 15.7 Å². The molecule has 13 heteroatoms. The number of nitrogens with one attached hydrogen (secondary N) is 1. The van der Waals surface area contributed by atoms with Crippen LogP contribution in [0.4, 0.5) is 19.3 Å². The minimum absolute atomic E-state index is 0. The lowest BCUT2D eigenvalue weighted by atomic mass is 9.97. The number of halogens is 2. The highest BCUT2D eigenvalue weighted by Crippen LogP contribution is 2.46. The molecule has 1 unspecified atom stereocenters. The molecule has 1 heterocycles. The van der Waals surface area contributed by atoms with Crippen LogP contribution in [0.25, 0.3) is 0 Å². The molecule has 2 aromatic rings. The Morgan fingerprint density at radius 3 is 2.27 bits per heavy atom. The fourth-order valence-corrected chi connectivity index (χ4v) is 6.33. The smallest absolute Gasteiger partial charge is 0.387 e. The standard InChI is InChI=1S/C20H24F2N4O4S2.H2S/c1-20(2,28)17-24-9-14(31-17)32(23,29)26-19(27)25-15-10-5-3-7-12(10)16(30-18(21)22)13-8-4-6-11(13)15;/h9,18,28H,3-8H2,1-2H3,(H3,23,25,26,27,29);1H2. The van der Waals surface area contributed by atoms with Gasteiger partial charge in [0.1, 0.15) is 20.6 Å². The number of aliphatic hydroxyl groups is 1. The third kappa shape index (κ3) is 5.16. The Bertz CT molecular complexity index is 1170. The van der Waals surface area contributed by atoms with Crippen molar-refractivity contribution in [3.63, 3.8) is 0 Å². The Morgan fingerprint density at radius 2 is 1.79 bits per heavy atom. The van der Waals surface area contributed by atoms with Crippen LogP contribution in [0.3, 0.4) is 0 Å². The molecule has 0 fully saturated rings. The summed E-state index contributed by atoms with van der Waals surface area (Å²) in [6.07, 6.45) is 5.14. The minimum atomic E-state index is -3.59. The quantitative estimate of drug-likeness (QED) is 0.549. The lowest BCUT2D eigenvalue weighted by molar-refractivity contribution is -0.0509. The number of benzene rings is 1. The maximum Gasteiger partial charge on any atom is 0.387 e. The lowest BCUT2D eigenvalue weighted by Crippen LogP contribution is -2.18. The first kappa shape index (κ1) is 25.8. The fourth-order valence-electron chi connectivity index (χ4n) is 4.26. The summed E-state index contributed by atoms with van der Waals surface area (Å²) in [7, 11) is -3.59. The average molecular weight is 521 g/mol. The molecule has 1 aromatic heterocycles. The molecule has 1 aromatic carbocycles. The SMILES string of the molecule is CC(C)(O)c1ncc(S(N)(=O)=NC(=O)Nc2c3c(c(OC(F)F)c4c2CCC4)CCC3)s1.S. The number of carbonyl (C=O) groups excluding carboxylic acids is 1. The molecule has 0 spiro atoms. The zero-order chi connectivity index (χ0) is 23.3. The van der Waals surface area contributed by atoms with Crippen molar-refractivity contribution >= 4 is 46.5 Å². The summed E-state index contributed by atoms with van der Waals surface area (Å²) in [4.78, 5) is 16.7. The van der Waals surface area contributed by atoms with Crippen molar-refractivity contribution in [3.8, 4) is 5.75 Å². The third-order valence-corrected chi connectivity index (χ3v) is 8.73. The molecule has 4 rings (SSSR count). The lowest BCUT2D eigenvalue weighted by Gasteiger charge is -2.20. The first-order valence-electron chi connectivity index (χ1n) is 10.2. The summed E-state index contributed by atoms with van der Waals surface area (Å²) in [6.45, 7) is 0.135. The van der Waals surface area contributed by atoms with Gasteiger partial charge < -0.3 is 15.2 Å². The summed E-state index contributed by atoms with van der Waals surface area (Å²) in [6, 6.07) is -0.888. The van der Waals surface area contributed by atoms with Crippen LogP contribution in [0.5, 0.6) is 5.75 Å². The second-order valence-corrected chi connectivity index (χ2v) is 11.4. The normalized spacial score (nSPS) is 16.6. The Kier molecular flexibility index (Phi) is 7.39. The first-order valence-corrected chi connectivity index (χ1v) is 12.6. The summed E-state index contributed by atoms with van der Waals surface area (Å²) >= 11 is 0.920. The molecular weight excluding hydrogens is 494 g/mol. The van der Waals surface area contributed by atoms with E-state index in [0.29, 0.717) is 47.5 Å². The van der Waals surface area contributed by atoms with Crippen molar-refractivity contribution < 1.29 is 27.6 Å². The number of ether oxygens (including phenoxy) is 1. The molecule has 2 amide bonds. The van der Waals surface area contributed by atoms with E-state index >= 15 is 0 Å². The van der Waals surface area contributed by atoms with Gasteiger partial charge in [0.15, 0.2) is 9.92 Å². The van der Waals surface area contributed by atoms with Crippen molar-refractivity contribution in [1.29, 1.82) is 0 Å². The van der Waals surface area contributed by atoms with Gasteiger partial charge in [0.25, 0.3) is 0 Å². The van der Waals surface area contributed by atoms with Crippen LogP contribution in [-0.2, 0) is 41.2 Å². The van der Waals surface area contributed by atoms with Gasteiger partial charge in [-0.1, -0.05) is 0 Å². The number of thiazole rings is 1. The number of anilines is 1. The number of amides is 2. The summed E-state index contributed by atoms with van der Waals surface area (Å²) < 4.78 is 47.6. The van der Waals surface area contributed by atoms with Crippen molar-refractivity contribution in [2.24, 2.45) is 9.50 Å². The number of alkyl halides is 2. The maximum atomic E-state index is 13.0. The predicted molar refractivity (Wildman–Crippen MR) is 127 cm³/mol. The maximum absolute atomic E-state index is 13.0. The van der Waals surface area contributed by atoms with Crippen LogP contribution in [-0.4, -0.2) is 26.9 Å². The predicted octanol–water partition coefficient (Wildman–Crippen LogP) is 3.99. The molecule has 2 aliphatic rings. The minimum Gasteiger partial charge on any atom is -0.434 e. The number of nitrogens with two attached hydrogens (primary N) is 1. The van der Waals surface area contributed by atoms with E-state index in [1.54, 1.807) is 0 Å². The van der Waals surface area contributed by atoms with Crippen LogP contribution >= 0.6 is 24.8 Å². The Balaban J connectivity index is 0.00000306. The van der Waals surface area contributed by atoms with Crippen LogP contribution in [0, 0.1) is 0 Å². The van der Waals surface area contributed by atoms with E-state index in [4.69, 9.17) is 9.88 Å². The number of carbonyl (C=O) groups is 1. The van der Waals surface area contributed by atoms with E-state index in [1.165, 1.54) is 20.0 Å². The third-order valence-electron chi connectivity index (χ3n) is 5.54. The molecular formula is C20H26F2N4O4S3. The molecule has 0 aliphatic heterocycles. The molecule has 0 radical (unpaired) electrons. The van der Waals surface area contributed by atoms with Gasteiger partial charge in [0, 0.05) is 5.69 Å². The number of aromatic nitrogens is 1. The average Bonchev–Trinajstić information content (AvgIpc) is 3.43. The Hall–Kier alpha value is -1.80. The second kappa shape index (κ2) is 9.45. The molecule has 0 saturated heterocycles. The van der Waals surface area contributed by atoms with Gasteiger partial charge in [0.2, 0.25) is 0 Å². The largest absolute Gasteiger partial charge is 0.434 e. The van der Waals surface area contributed by atoms with Gasteiger partial charge in [-0.3, -0.25) is 0 Å². The number of urea groups is 1. The highest BCUT2D eigenvalue weighted by molar-refractivity contribution is 7.93. The molecule has 0 saturated carbocycles. The van der Waals surface area contributed by atoms with Gasteiger partial charge in [-0.25, -0.2) is 19.1 Å². The number of nitrogens with zero attached hydrogens (tertiary/aromatic N) is 2. The van der Waals surface area contributed by atoms with E-state index in [0.717, 1.165) is 35.3 Å². The molecule has 0 bridgehead atoms. The fraction of sp³-hybridized carbons (Fsp3) is 0.500. The first-order chi connectivity index (χ1) is 15.0. The molecule has 2 aliphatic carbocycles. The zero-order valence-electron chi connectivity index (χ0n) is 18.1. The van der Waals surface area contributed by atoms with E-state index < -0.39 is 28.2 Å². The highest BCUT2D eigenvalue weighted by atomic mass is 32.2. The molecule has 33 heavy (non-hydrogen) atoms. The van der Waals surface area contributed by atoms with Crippen LogP contribution in [0.1, 0.15) is 54.0 Å². The monoisotopic (exact) mass is 520 g/mol. The van der Waals surface area contributed by atoms with E-state index in [2.05, 4.69) is 14.7 Å². The van der Waals surface area contributed by atoms with Crippen LogP contribution in [0.15, 0.2) is 14.8 Å². The zero-order valence-corrected chi connectivity index (χ0v) is 20.7. The summed E-state index contributed by atoms with van der Waals surface area (Å²) in [5.41, 5.74) is 2.19. The number of hydrogen-bond donors (Lipinski definition) is 3. The second-order valence-electron chi connectivity index (χ2n) is 8.34. The Labute approximate surface area is 201 Å². The van der Waals surface area contributed by atoms with E-state index in [1.807, 2.05) is 0 Å². The van der Waals surface area contributed by atoms with Crippen molar-refractivity contribution in [1.82, 2.24) is 4.98 Å². The van der Waals surface area contributed by atoms with Crippen LogP contribution < -0.4 is 15.2 Å². The number of fused-ring (bicyclic) bond motifs is 2. The summed E-state index contributed by atoms with van der Waals surface area (Å²) in [5.74, 6) is 0.237. The van der Waals surface area contributed by atoms with Crippen LogP contribution in [0.2, 0.25) is 0 Å². The van der Waals surface area contributed by atoms with Gasteiger partial charge >= 0.3 is 12.6 Å². The summed E-state index contributed by atoms with van der Waals surface area (Å²) in [5, 5.41) is 18.9.